The van der Waals surface area contributed by atoms with Gasteiger partial charge in [-0.2, -0.15) is 0 Å². The maximum Gasteiger partial charge on any atom is 0.162 e. The highest BCUT2D eigenvalue weighted by Gasteiger charge is 2.29. The summed E-state index contributed by atoms with van der Waals surface area (Å²) < 4.78 is 14.0. The molecule has 3 N–H and O–H groups in total. The van der Waals surface area contributed by atoms with Crippen molar-refractivity contribution in [1.82, 2.24) is 9.97 Å². The number of hydrogen-bond acceptors (Lipinski definition) is 4. The molecule has 1 aliphatic carbocycles. The van der Waals surface area contributed by atoms with Gasteiger partial charge in [-0.3, -0.25) is 0 Å². The number of aromatic hydroxyl groups is 1. The van der Waals surface area contributed by atoms with Crippen molar-refractivity contribution in [3.63, 3.8) is 0 Å². The first-order chi connectivity index (χ1) is 9.04. The number of halogens is 2. The third kappa shape index (κ3) is 2.40. The summed E-state index contributed by atoms with van der Waals surface area (Å²) in [5.74, 6) is 0.356. The molecule has 0 aliphatic heterocycles. The number of nitrogens with zero attached hydrogens (tertiary/aromatic N) is 2. The molecule has 1 aliphatic rings. The van der Waals surface area contributed by atoms with Crippen molar-refractivity contribution in [2.45, 2.75) is 18.8 Å². The van der Waals surface area contributed by atoms with Crippen LogP contribution in [0, 0.1) is 5.82 Å². The first kappa shape index (κ1) is 12.3. The molecule has 0 amide bonds. The molecular formula is C13H11BrFN3O. The van der Waals surface area contributed by atoms with E-state index in [2.05, 4.69) is 25.9 Å². The Bertz CT molecular complexity index is 638. The van der Waals surface area contributed by atoms with Gasteiger partial charge in [0.2, 0.25) is 0 Å². The quantitative estimate of drug-likeness (QED) is 0.890. The summed E-state index contributed by atoms with van der Waals surface area (Å²) >= 11 is 3.38. The van der Waals surface area contributed by atoms with E-state index >= 15 is 0 Å². The summed E-state index contributed by atoms with van der Waals surface area (Å²) in [6, 6.07) is 3.73. The van der Waals surface area contributed by atoms with Crippen LogP contribution in [-0.2, 0) is 0 Å². The van der Waals surface area contributed by atoms with Gasteiger partial charge in [0.05, 0.1) is 10.2 Å². The lowest BCUT2D eigenvalue weighted by Gasteiger charge is -2.08. The van der Waals surface area contributed by atoms with Crippen molar-refractivity contribution in [1.29, 1.82) is 0 Å². The molecule has 1 aromatic heterocycles. The normalized spacial score (nSPS) is 14.6. The summed E-state index contributed by atoms with van der Waals surface area (Å²) in [6.07, 6.45) is 2.14. The molecule has 0 spiro atoms. The zero-order chi connectivity index (χ0) is 13.6. The molecule has 4 nitrogen and oxygen atoms in total. The van der Waals surface area contributed by atoms with Crippen LogP contribution in [0.4, 0.5) is 10.2 Å². The summed E-state index contributed by atoms with van der Waals surface area (Å²) in [5.41, 5.74) is 7.11. The predicted octanol–water partition coefficient (Wildman–Crippen LogP) is 3.21. The number of nitrogen functional groups attached to an aromatic ring is 1. The van der Waals surface area contributed by atoms with Gasteiger partial charge in [0, 0.05) is 17.5 Å². The number of benzene rings is 1. The van der Waals surface area contributed by atoms with Crippen LogP contribution in [0.3, 0.4) is 0 Å². The van der Waals surface area contributed by atoms with Crippen LogP contribution in [-0.4, -0.2) is 15.1 Å². The lowest BCUT2D eigenvalue weighted by molar-refractivity contribution is 0.469. The number of aromatic nitrogens is 2. The Labute approximate surface area is 117 Å². The van der Waals surface area contributed by atoms with E-state index < -0.39 is 5.82 Å². The van der Waals surface area contributed by atoms with Gasteiger partial charge in [0.1, 0.15) is 17.4 Å². The van der Waals surface area contributed by atoms with Gasteiger partial charge in [0.15, 0.2) is 5.82 Å². The molecule has 3 rings (SSSR count). The standard InChI is InChI=1S/C13H11BrFN3O/c14-10-11(6-1-2-6)17-13(18-12(10)16)7-3-8(15)5-9(19)4-7/h3-6,19H,1-2H2,(H2,16,17,18). The van der Waals surface area contributed by atoms with Crippen LogP contribution in [0.5, 0.6) is 5.75 Å². The minimum absolute atomic E-state index is 0.159. The van der Waals surface area contributed by atoms with Crippen LogP contribution in [0.15, 0.2) is 22.7 Å². The van der Waals surface area contributed by atoms with Gasteiger partial charge in [-0.1, -0.05) is 0 Å². The first-order valence-electron chi connectivity index (χ1n) is 5.87. The van der Waals surface area contributed by atoms with E-state index in [0.29, 0.717) is 27.6 Å². The zero-order valence-corrected chi connectivity index (χ0v) is 11.5. The van der Waals surface area contributed by atoms with Crippen molar-refractivity contribution in [3.8, 4) is 17.1 Å². The Hall–Kier alpha value is -1.69. The molecule has 0 atom stereocenters. The molecule has 1 heterocycles. The van der Waals surface area contributed by atoms with E-state index in [0.717, 1.165) is 24.6 Å². The van der Waals surface area contributed by atoms with E-state index in [9.17, 15) is 9.50 Å². The Balaban J connectivity index is 2.14. The second kappa shape index (κ2) is 4.45. The largest absolute Gasteiger partial charge is 0.508 e. The monoisotopic (exact) mass is 323 g/mol. The highest BCUT2D eigenvalue weighted by atomic mass is 79.9. The van der Waals surface area contributed by atoms with Gasteiger partial charge in [-0.15, -0.1) is 0 Å². The van der Waals surface area contributed by atoms with Crippen molar-refractivity contribution >= 4 is 21.7 Å². The fraction of sp³-hybridized carbons (Fsp3) is 0.231. The van der Waals surface area contributed by atoms with E-state index in [-0.39, 0.29) is 5.75 Å². The molecule has 19 heavy (non-hydrogen) atoms. The fourth-order valence-corrected chi connectivity index (χ4v) is 2.44. The van der Waals surface area contributed by atoms with Crippen molar-refractivity contribution in [3.05, 3.63) is 34.2 Å². The van der Waals surface area contributed by atoms with Crippen LogP contribution >= 0.6 is 15.9 Å². The Morgan fingerprint density at radius 2 is 2.00 bits per heavy atom. The summed E-state index contributed by atoms with van der Waals surface area (Å²) in [6.45, 7) is 0. The fourth-order valence-electron chi connectivity index (χ4n) is 1.94. The lowest BCUT2D eigenvalue weighted by Crippen LogP contribution is -2.02. The van der Waals surface area contributed by atoms with Crippen molar-refractivity contribution < 1.29 is 9.50 Å². The predicted molar refractivity (Wildman–Crippen MR) is 73.2 cm³/mol. The van der Waals surface area contributed by atoms with E-state index in [1.165, 1.54) is 12.1 Å². The molecule has 2 aromatic rings. The lowest BCUT2D eigenvalue weighted by atomic mass is 10.2. The molecule has 6 heteroatoms. The Morgan fingerprint density at radius 3 is 2.63 bits per heavy atom. The van der Waals surface area contributed by atoms with Crippen molar-refractivity contribution in [2.24, 2.45) is 0 Å². The second-order valence-corrected chi connectivity index (χ2v) is 5.40. The molecular weight excluding hydrogens is 313 g/mol. The second-order valence-electron chi connectivity index (χ2n) is 4.60. The number of phenols is 1. The Morgan fingerprint density at radius 1 is 1.26 bits per heavy atom. The minimum atomic E-state index is -0.534. The number of hydrogen-bond donors (Lipinski definition) is 2. The summed E-state index contributed by atoms with van der Waals surface area (Å²) in [7, 11) is 0. The average Bonchev–Trinajstić information content (AvgIpc) is 3.15. The summed E-state index contributed by atoms with van der Waals surface area (Å²) in [5, 5.41) is 9.43. The highest BCUT2D eigenvalue weighted by molar-refractivity contribution is 9.10. The number of rotatable bonds is 2. The molecule has 0 bridgehead atoms. The van der Waals surface area contributed by atoms with E-state index in [4.69, 9.17) is 5.73 Å². The van der Waals surface area contributed by atoms with Crippen LogP contribution < -0.4 is 5.73 Å². The van der Waals surface area contributed by atoms with Gasteiger partial charge in [-0.05, 0) is 40.9 Å². The van der Waals surface area contributed by atoms with Crippen LogP contribution in [0.2, 0.25) is 0 Å². The third-order valence-corrected chi connectivity index (χ3v) is 3.82. The average molecular weight is 324 g/mol. The first-order valence-corrected chi connectivity index (χ1v) is 6.66. The SMILES string of the molecule is Nc1nc(-c2cc(O)cc(F)c2)nc(C2CC2)c1Br. The number of nitrogens with two attached hydrogens (primary N) is 1. The van der Waals surface area contributed by atoms with Crippen LogP contribution in [0.1, 0.15) is 24.5 Å². The van der Waals surface area contributed by atoms with Crippen LogP contribution in [0.25, 0.3) is 11.4 Å². The molecule has 1 aromatic carbocycles. The maximum absolute atomic E-state index is 13.3. The zero-order valence-electron chi connectivity index (χ0n) is 9.90. The molecule has 0 unspecified atom stereocenters. The third-order valence-electron chi connectivity index (χ3n) is 3.01. The molecule has 0 saturated heterocycles. The topological polar surface area (TPSA) is 72.0 Å². The Kier molecular flexibility index (Phi) is 2.89. The van der Waals surface area contributed by atoms with Gasteiger partial charge >= 0.3 is 0 Å². The molecule has 98 valence electrons. The van der Waals surface area contributed by atoms with Crippen molar-refractivity contribution in [2.75, 3.05) is 5.73 Å². The van der Waals surface area contributed by atoms with E-state index in [1.807, 2.05) is 0 Å². The number of anilines is 1. The smallest absolute Gasteiger partial charge is 0.162 e. The van der Waals surface area contributed by atoms with Gasteiger partial charge < -0.3 is 10.8 Å². The molecule has 1 fully saturated rings. The minimum Gasteiger partial charge on any atom is -0.508 e. The molecule has 1 saturated carbocycles. The summed E-state index contributed by atoms with van der Waals surface area (Å²) in [4.78, 5) is 8.57. The molecule has 0 radical (unpaired) electrons. The van der Waals surface area contributed by atoms with Gasteiger partial charge in [-0.25, -0.2) is 14.4 Å². The van der Waals surface area contributed by atoms with E-state index in [1.54, 1.807) is 0 Å². The van der Waals surface area contributed by atoms with Gasteiger partial charge in [0.25, 0.3) is 0 Å². The maximum atomic E-state index is 13.3. The highest BCUT2D eigenvalue weighted by Crippen LogP contribution is 2.44. The number of phenolic OH excluding ortho intramolecular Hbond substituents is 1.